The summed E-state index contributed by atoms with van der Waals surface area (Å²) < 4.78 is 0. The molecule has 3 heterocycles. The topological polar surface area (TPSA) is 113 Å². The number of nitrogens with one attached hydrogen (secondary N) is 3. The predicted molar refractivity (Wildman–Crippen MR) is 118 cm³/mol. The lowest BCUT2D eigenvalue weighted by molar-refractivity contribution is 0.0846. The van der Waals surface area contributed by atoms with Crippen molar-refractivity contribution < 1.29 is 9.59 Å². The van der Waals surface area contributed by atoms with E-state index in [0.717, 1.165) is 45.7 Å². The van der Waals surface area contributed by atoms with Crippen LogP contribution in [-0.2, 0) is 0 Å². The zero-order chi connectivity index (χ0) is 21.5. The van der Waals surface area contributed by atoms with Gasteiger partial charge >= 0.3 is 0 Å². The number of hydrogen-bond acceptors (Lipinski definition) is 6. The number of carbonyl (C=O) groups is 2. The summed E-state index contributed by atoms with van der Waals surface area (Å²) in [6, 6.07) is 11.2. The molecule has 1 aliphatic rings. The summed E-state index contributed by atoms with van der Waals surface area (Å²) in [7, 11) is 0. The van der Waals surface area contributed by atoms with Gasteiger partial charge in [0.15, 0.2) is 0 Å². The van der Waals surface area contributed by atoms with Crippen LogP contribution in [0, 0.1) is 13.8 Å². The molecule has 0 radical (unpaired) electrons. The normalized spacial score (nSPS) is 13.4. The fourth-order valence-electron chi connectivity index (χ4n) is 3.53. The molecule has 1 aliphatic carbocycles. The van der Waals surface area contributed by atoms with Crippen LogP contribution < -0.4 is 10.9 Å². The van der Waals surface area contributed by atoms with Gasteiger partial charge in [0.2, 0.25) is 0 Å². The van der Waals surface area contributed by atoms with Crippen LogP contribution >= 0.6 is 11.3 Å². The third-order valence-corrected chi connectivity index (χ3v) is 6.50. The molecule has 0 bridgehead atoms. The highest BCUT2D eigenvalue weighted by molar-refractivity contribution is 7.20. The monoisotopic (exact) mass is 432 g/mol. The first-order valence-electron chi connectivity index (χ1n) is 10.0. The van der Waals surface area contributed by atoms with Gasteiger partial charge in [-0.1, -0.05) is 30.3 Å². The van der Waals surface area contributed by atoms with Crippen LogP contribution in [0.2, 0.25) is 0 Å². The van der Waals surface area contributed by atoms with E-state index in [0.29, 0.717) is 16.5 Å². The number of H-pyrrole nitrogens is 1. The first-order chi connectivity index (χ1) is 15.0. The second-order valence-corrected chi connectivity index (χ2v) is 8.62. The maximum absolute atomic E-state index is 12.8. The van der Waals surface area contributed by atoms with E-state index < -0.39 is 5.91 Å². The van der Waals surface area contributed by atoms with Gasteiger partial charge in [-0.05, 0) is 38.3 Å². The largest absolute Gasteiger partial charge is 0.287 e. The number of fused-ring (bicyclic) bond motifs is 1. The molecule has 4 aromatic rings. The lowest BCUT2D eigenvalue weighted by atomic mass is 10.1. The Balaban J connectivity index is 1.31. The van der Waals surface area contributed by atoms with Gasteiger partial charge in [-0.25, -0.2) is 9.97 Å². The minimum Gasteiger partial charge on any atom is -0.272 e. The molecule has 1 aromatic carbocycles. The minimum atomic E-state index is -0.478. The smallest absolute Gasteiger partial charge is 0.272 e. The number of aromatic nitrogens is 4. The number of benzene rings is 1. The van der Waals surface area contributed by atoms with Crippen molar-refractivity contribution in [1.29, 1.82) is 0 Å². The first-order valence-corrected chi connectivity index (χ1v) is 10.8. The van der Waals surface area contributed by atoms with Crippen LogP contribution in [0.1, 0.15) is 56.0 Å². The van der Waals surface area contributed by atoms with Crippen LogP contribution in [0.5, 0.6) is 0 Å². The number of rotatable bonds is 4. The van der Waals surface area contributed by atoms with E-state index in [-0.39, 0.29) is 11.6 Å². The lowest BCUT2D eigenvalue weighted by Crippen LogP contribution is -2.41. The molecule has 8 nitrogen and oxygen atoms in total. The SMILES string of the molecule is Cc1nc(C2CC2)nc2sc(C(=O)NNC(=O)c3cc(-c4ccccc4)n[nH]3)c(C)c12. The average molecular weight is 433 g/mol. The van der Waals surface area contributed by atoms with Gasteiger partial charge in [-0.15, -0.1) is 11.3 Å². The Morgan fingerprint density at radius 3 is 2.55 bits per heavy atom. The van der Waals surface area contributed by atoms with Crippen LogP contribution in [0.3, 0.4) is 0 Å². The van der Waals surface area contributed by atoms with E-state index in [1.165, 1.54) is 11.3 Å². The highest BCUT2D eigenvalue weighted by Crippen LogP contribution is 2.40. The zero-order valence-corrected chi connectivity index (χ0v) is 17.8. The first kappa shape index (κ1) is 19.4. The zero-order valence-electron chi connectivity index (χ0n) is 17.0. The van der Waals surface area contributed by atoms with Crippen molar-refractivity contribution in [3.8, 4) is 11.3 Å². The van der Waals surface area contributed by atoms with Gasteiger partial charge in [0.05, 0.1) is 16.3 Å². The molecule has 0 saturated heterocycles. The molecule has 3 aromatic heterocycles. The summed E-state index contributed by atoms with van der Waals surface area (Å²) in [4.78, 5) is 35.8. The summed E-state index contributed by atoms with van der Waals surface area (Å²) in [6.07, 6.45) is 2.24. The Morgan fingerprint density at radius 2 is 1.81 bits per heavy atom. The third-order valence-electron chi connectivity index (χ3n) is 5.32. The van der Waals surface area contributed by atoms with Crippen molar-refractivity contribution in [3.63, 3.8) is 0 Å². The molecular formula is C22H20N6O2S. The fraction of sp³-hybridized carbons (Fsp3) is 0.227. The number of nitrogens with zero attached hydrogens (tertiary/aromatic N) is 3. The molecule has 0 unspecified atom stereocenters. The van der Waals surface area contributed by atoms with E-state index in [4.69, 9.17) is 0 Å². The van der Waals surface area contributed by atoms with Gasteiger partial charge in [-0.3, -0.25) is 25.5 Å². The summed E-state index contributed by atoms with van der Waals surface area (Å²) in [5, 5.41) is 7.77. The number of hydrogen-bond donors (Lipinski definition) is 3. The van der Waals surface area contributed by atoms with Crippen LogP contribution in [0.25, 0.3) is 21.5 Å². The summed E-state index contributed by atoms with van der Waals surface area (Å²) in [5.74, 6) is 0.440. The fourth-order valence-corrected chi connectivity index (χ4v) is 4.67. The second-order valence-electron chi connectivity index (χ2n) is 7.62. The molecule has 2 amide bonds. The summed E-state index contributed by atoms with van der Waals surface area (Å²) in [5.41, 5.74) is 8.44. The van der Waals surface area contributed by atoms with Crippen molar-refractivity contribution in [2.24, 2.45) is 0 Å². The molecule has 9 heteroatoms. The van der Waals surface area contributed by atoms with Crippen molar-refractivity contribution in [1.82, 2.24) is 31.0 Å². The van der Waals surface area contributed by atoms with E-state index in [9.17, 15) is 9.59 Å². The lowest BCUT2D eigenvalue weighted by Gasteiger charge is -2.05. The molecule has 3 N–H and O–H groups in total. The number of thiophene rings is 1. The quantitative estimate of drug-likeness (QED) is 0.426. The highest BCUT2D eigenvalue weighted by Gasteiger charge is 2.28. The van der Waals surface area contributed by atoms with E-state index in [1.807, 2.05) is 44.2 Å². The van der Waals surface area contributed by atoms with Gasteiger partial charge in [0, 0.05) is 16.9 Å². The number of aromatic amines is 1. The van der Waals surface area contributed by atoms with Crippen molar-refractivity contribution in [2.45, 2.75) is 32.6 Å². The minimum absolute atomic E-state index is 0.253. The molecule has 0 spiro atoms. The third kappa shape index (κ3) is 3.68. The van der Waals surface area contributed by atoms with E-state index in [2.05, 4.69) is 31.0 Å². The Hall–Kier alpha value is -3.59. The number of carbonyl (C=O) groups excluding carboxylic acids is 2. The van der Waals surface area contributed by atoms with Crippen molar-refractivity contribution >= 4 is 33.4 Å². The molecule has 5 rings (SSSR count). The Bertz CT molecular complexity index is 1310. The van der Waals surface area contributed by atoms with Crippen LogP contribution in [0.15, 0.2) is 36.4 Å². The van der Waals surface area contributed by atoms with Crippen LogP contribution in [0.4, 0.5) is 0 Å². The molecular weight excluding hydrogens is 412 g/mol. The Kier molecular flexibility index (Phi) is 4.74. The number of aryl methyl sites for hydroxylation is 2. The van der Waals surface area contributed by atoms with Gasteiger partial charge in [0.25, 0.3) is 11.8 Å². The summed E-state index contributed by atoms with van der Waals surface area (Å²) >= 11 is 1.32. The number of hydrazine groups is 1. The molecule has 31 heavy (non-hydrogen) atoms. The summed E-state index contributed by atoms with van der Waals surface area (Å²) in [6.45, 7) is 3.82. The maximum Gasteiger partial charge on any atom is 0.287 e. The molecule has 0 aliphatic heterocycles. The van der Waals surface area contributed by atoms with Crippen molar-refractivity contribution in [2.75, 3.05) is 0 Å². The van der Waals surface area contributed by atoms with Gasteiger partial charge < -0.3 is 0 Å². The maximum atomic E-state index is 12.8. The predicted octanol–water partition coefficient (Wildman–Crippen LogP) is 3.65. The Morgan fingerprint density at radius 1 is 1.06 bits per heavy atom. The molecule has 1 saturated carbocycles. The van der Waals surface area contributed by atoms with Crippen molar-refractivity contribution in [3.05, 3.63) is 64.1 Å². The average Bonchev–Trinajstić information content (AvgIpc) is 3.41. The molecule has 156 valence electrons. The van der Waals surface area contributed by atoms with E-state index >= 15 is 0 Å². The number of amides is 2. The van der Waals surface area contributed by atoms with Crippen LogP contribution in [-0.4, -0.2) is 32.0 Å². The van der Waals surface area contributed by atoms with E-state index in [1.54, 1.807) is 6.07 Å². The standard InChI is InChI=1S/C22H20N6O2S/c1-11-17-12(2)23-19(14-8-9-14)24-22(17)31-18(11)21(30)28-27-20(29)16-10-15(25-26-16)13-6-4-3-5-7-13/h3-7,10,14H,8-9H2,1-2H3,(H,25,26)(H,27,29)(H,28,30). The van der Waals surface area contributed by atoms with Gasteiger partial charge in [0.1, 0.15) is 16.3 Å². The second kappa shape index (κ2) is 7.59. The highest BCUT2D eigenvalue weighted by atomic mass is 32.1. The molecule has 1 fully saturated rings. The van der Waals surface area contributed by atoms with Gasteiger partial charge in [-0.2, -0.15) is 5.10 Å². The molecule has 0 atom stereocenters. The Labute approximate surface area is 182 Å².